The number of benzene rings is 2. The Morgan fingerprint density at radius 3 is 2.51 bits per heavy atom. The maximum absolute atomic E-state index is 13.4. The van der Waals surface area contributed by atoms with Crippen LogP contribution in [0, 0.1) is 0 Å². The van der Waals surface area contributed by atoms with Crippen molar-refractivity contribution in [3.05, 3.63) is 99.1 Å². The molecule has 1 aliphatic rings. The molecular formula is C27H23ClF3N5O3. The highest BCUT2D eigenvalue weighted by atomic mass is 35.5. The smallest absolute Gasteiger partial charge is 0.416 e. The molecule has 4 aromatic rings. The molecule has 2 heterocycles. The molecule has 1 aliphatic carbocycles. The van der Waals surface area contributed by atoms with Crippen molar-refractivity contribution in [2.45, 2.75) is 37.6 Å². The van der Waals surface area contributed by atoms with Crippen molar-refractivity contribution in [2.24, 2.45) is 0 Å². The number of alkyl halides is 3. The molecule has 39 heavy (non-hydrogen) atoms. The van der Waals surface area contributed by atoms with Gasteiger partial charge in [0.25, 0.3) is 0 Å². The minimum absolute atomic E-state index is 0.0150. The van der Waals surface area contributed by atoms with E-state index in [0.717, 1.165) is 29.7 Å². The van der Waals surface area contributed by atoms with Gasteiger partial charge in [-0.3, -0.25) is 9.36 Å². The van der Waals surface area contributed by atoms with E-state index in [9.17, 15) is 22.8 Å². The fourth-order valence-electron chi connectivity index (χ4n) is 4.25. The number of aromatic nitrogens is 4. The number of hydrogen-bond donors (Lipinski definition) is 1. The molecule has 2 aromatic heterocycles. The van der Waals surface area contributed by atoms with E-state index in [0.29, 0.717) is 16.4 Å². The van der Waals surface area contributed by atoms with Gasteiger partial charge in [0.2, 0.25) is 11.8 Å². The molecule has 5 rings (SSSR count). The average Bonchev–Trinajstić information content (AvgIpc) is 3.71. The number of methoxy groups -OCH3 is 1. The molecule has 0 bridgehead atoms. The fraction of sp³-hybridized carbons (Fsp3) is 0.259. The molecule has 1 saturated carbocycles. The summed E-state index contributed by atoms with van der Waals surface area (Å²) in [5.74, 6) is 0.00817. The third-order valence-corrected chi connectivity index (χ3v) is 6.53. The topological polar surface area (TPSA) is 91.0 Å². The highest BCUT2D eigenvalue weighted by molar-refractivity contribution is 6.30. The predicted octanol–water partition coefficient (Wildman–Crippen LogP) is 5.03. The lowest BCUT2D eigenvalue weighted by Crippen LogP contribution is -2.36. The average molecular weight is 558 g/mol. The van der Waals surface area contributed by atoms with Gasteiger partial charge in [-0.15, -0.1) is 5.10 Å². The number of rotatable bonds is 8. The Bertz CT molecular complexity index is 1560. The second-order valence-electron chi connectivity index (χ2n) is 9.10. The van der Waals surface area contributed by atoms with Crippen molar-refractivity contribution in [2.75, 3.05) is 7.11 Å². The minimum atomic E-state index is -4.58. The van der Waals surface area contributed by atoms with Crippen LogP contribution in [0.15, 0.2) is 71.5 Å². The van der Waals surface area contributed by atoms with Crippen LogP contribution in [-0.2, 0) is 17.5 Å². The molecular weight excluding hydrogens is 535 g/mol. The van der Waals surface area contributed by atoms with Crippen LogP contribution in [0.3, 0.4) is 0 Å². The molecule has 0 aliphatic heterocycles. The Kier molecular flexibility index (Phi) is 7.17. The molecule has 12 heteroatoms. The van der Waals surface area contributed by atoms with E-state index < -0.39 is 35.9 Å². The molecule has 202 valence electrons. The number of hydrogen-bond acceptors (Lipinski definition) is 5. The van der Waals surface area contributed by atoms with Crippen LogP contribution in [0.1, 0.15) is 41.7 Å². The lowest BCUT2D eigenvalue weighted by Gasteiger charge is -2.20. The Labute approximate surface area is 226 Å². The first-order valence-corrected chi connectivity index (χ1v) is 12.4. The van der Waals surface area contributed by atoms with E-state index in [1.165, 1.54) is 19.2 Å². The Hall–Kier alpha value is -4.12. The quantitative estimate of drug-likeness (QED) is 0.328. The Morgan fingerprint density at radius 1 is 1.13 bits per heavy atom. The van der Waals surface area contributed by atoms with E-state index in [2.05, 4.69) is 15.4 Å². The maximum atomic E-state index is 13.4. The van der Waals surface area contributed by atoms with E-state index >= 15 is 0 Å². The normalized spacial score (nSPS) is 14.2. The predicted molar refractivity (Wildman–Crippen MR) is 137 cm³/mol. The first-order valence-electron chi connectivity index (χ1n) is 12.1. The summed E-state index contributed by atoms with van der Waals surface area (Å²) in [6, 6.07) is 15.2. The van der Waals surface area contributed by atoms with Gasteiger partial charge in [0, 0.05) is 22.7 Å². The number of carbonyl (C=O) groups excluding carboxylic acids is 1. The molecule has 8 nitrogen and oxygen atoms in total. The Balaban J connectivity index is 1.47. The van der Waals surface area contributed by atoms with Gasteiger partial charge in [0.1, 0.15) is 6.54 Å². The molecule has 1 unspecified atom stereocenters. The van der Waals surface area contributed by atoms with Gasteiger partial charge in [0.15, 0.2) is 5.82 Å². The lowest BCUT2D eigenvalue weighted by molar-refractivity contribution is -0.137. The maximum Gasteiger partial charge on any atom is 0.416 e. The summed E-state index contributed by atoms with van der Waals surface area (Å²) >= 11 is 6.00. The van der Waals surface area contributed by atoms with Crippen molar-refractivity contribution in [3.63, 3.8) is 0 Å². The number of carbonyl (C=O) groups is 1. The van der Waals surface area contributed by atoms with E-state index in [-0.39, 0.29) is 23.2 Å². The SMILES string of the molecule is COc1cccc(C(NC(=O)Cn2nc(-c3ccc(Cl)cc3)n(C3CC3)c2=O)c2cccc(C(F)(F)F)c2)n1. The molecule has 2 aromatic carbocycles. The van der Waals surface area contributed by atoms with Gasteiger partial charge in [-0.25, -0.2) is 14.5 Å². The number of amides is 1. The van der Waals surface area contributed by atoms with Gasteiger partial charge < -0.3 is 10.1 Å². The van der Waals surface area contributed by atoms with Crippen LogP contribution in [0.4, 0.5) is 13.2 Å². The minimum Gasteiger partial charge on any atom is -0.481 e. The number of pyridine rings is 1. The van der Waals surface area contributed by atoms with E-state index in [1.54, 1.807) is 47.0 Å². The molecule has 1 amide bonds. The summed E-state index contributed by atoms with van der Waals surface area (Å²) in [7, 11) is 1.41. The van der Waals surface area contributed by atoms with Crippen molar-refractivity contribution < 1.29 is 22.7 Å². The summed E-state index contributed by atoms with van der Waals surface area (Å²) < 4.78 is 48.1. The van der Waals surface area contributed by atoms with Crippen LogP contribution in [0.5, 0.6) is 5.88 Å². The van der Waals surface area contributed by atoms with Crippen LogP contribution in [0.25, 0.3) is 11.4 Å². The lowest BCUT2D eigenvalue weighted by atomic mass is 10.00. The first-order chi connectivity index (χ1) is 18.6. The van der Waals surface area contributed by atoms with Crippen molar-refractivity contribution in [1.82, 2.24) is 24.6 Å². The van der Waals surface area contributed by atoms with Crippen molar-refractivity contribution in [1.29, 1.82) is 0 Å². The third kappa shape index (κ3) is 5.83. The Morgan fingerprint density at radius 2 is 1.85 bits per heavy atom. The van der Waals surface area contributed by atoms with Gasteiger partial charge >= 0.3 is 11.9 Å². The van der Waals surface area contributed by atoms with E-state index in [4.69, 9.17) is 16.3 Å². The van der Waals surface area contributed by atoms with Crippen LogP contribution in [0.2, 0.25) is 5.02 Å². The van der Waals surface area contributed by atoms with Crippen LogP contribution in [-0.4, -0.2) is 32.3 Å². The van der Waals surface area contributed by atoms with Crippen molar-refractivity contribution >= 4 is 17.5 Å². The molecule has 0 saturated heterocycles. The first kappa shape index (κ1) is 26.5. The zero-order valence-corrected chi connectivity index (χ0v) is 21.4. The van der Waals surface area contributed by atoms with E-state index in [1.807, 2.05) is 0 Å². The zero-order chi connectivity index (χ0) is 27.7. The summed E-state index contributed by atoms with van der Waals surface area (Å²) in [6.45, 7) is -0.446. The molecule has 1 N–H and O–H groups in total. The monoisotopic (exact) mass is 557 g/mol. The third-order valence-electron chi connectivity index (χ3n) is 6.28. The van der Waals surface area contributed by atoms with Crippen molar-refractivity contribution in [3.8, 4) is 17.3 Å². The summed E-state index contributed by atoms with van der Waals surface area (Å²) in [5, 5.41) is 7.67. The standard InChI is InChI=1S/C27H23ClF3N5O3/c1-39-23-7-3-6-21(32-23)24(17-4-2-5-18(14-17)27(29,30)31)33-22(37)15-35-26(38)36(20-12-13-20)25(34-35)16-8-10-19(28)11-9-16/h2-11,14,20,24H,12-13,15H2,1H3,(H,33,37). The zero-order valence-electron chi connectivity index (χ0n) is 20.7. The number of ether oxygens (including phenoxy) is 1. The van der Waals surface area contributed by atoms with Gasteiger partial charge in [-0.05, 0) is 60.9 Å². The summed E-state index contributed by atoms with van der Waals surface area (Å²) in [4.78, 5) is 30.8. The molecule has 0 radical (unpaired) electrons. The van der Waals surface area contributed by atoms with Crippen LogP contribution >= 0.6 is 11.6 Å². The highest BCUT2D eigenvalue weighted by Crippen LogP contribution is 2.37. The number of nitrogens with zero attached hydrogens (tertiary/aromatic N) is 4. The van der Waals surface area contributed by atoms with Gasteiger partial charge in [-0.1, -0.05) is 29.8 Å². The molecule has 1 atom stereocenters. The van der Waals surface area contributed by atoms with Gasteiger partial charge in [-0.2, -0.15) is 13.2 Å². The fourth-order valence-corrected chi connectivity index (χ4v) is 4.38. The largest absolute Gasteiger partial charge is 0.481 e. The second-order valence-corrected chi connectivity index (χ2v) is 9.54. The number of nitrogens with one attached hydrogen (secondary N) is 1. The number of halogens is 4. The highest BCUT2D eigenvalue weighted by Gasteiger charge is 2.33. The second kappa shape index (κ2) is 10.6. The molecule has 1 fully saturated rings. The van der Waals surface area contributed by atoms with Crippen LogP contribution < -0.4 is 15.7 Å². The molecule has 0 spiro atoms. The van der Waals surface area contributed by atoms with Gasteiger partial charge in [0.05, 0.1) is 24.4 Å². The summed E-state index contributed by atoms with van der Waals surface area (Å²) in [6.07, 6.45) is -2.94. The summed E-state index contributed by atoms with van der Waals surface area (Å²) in [5.41, 5.74) is -0.219.